The number of esters is 1. The number of allylic oxidation sites excluding steroid dienone is 1. The molecule has 0 spiro atoms. The summed E-state index contributed by atoms with van der Waals surface area (Å²) < 4.78 is 12.7. The minimum Gasteiger partial charge on any atom is -0.483 e. The van der Waals surface area contributed by atoms with E-state index < -0.39 is 0 Å². The zero-order valence-corrected chi connectivity index (χ0v) is 14.7. The van der Waals surface area contributed by atoms with Gasteiger partial charge in [-0.05, 0) is 26.0 Å². The molecule has 1 atom stereocenters. The molecule has 0 N–H and O–H groups in total. The molecule has 0 saturated carbocycles. The summed E-state index contributed by atoms with van der Waals surface area (Å²) in [4.78, 5) is 11.5. The molecule has 24 heavy (non-hydrogen) atoms. The average molecular weight is 347 g/mol. The summed E-state index contributed by atoms with van der Waals surface area (Å²) in [7, 11) is 0. The molecule has 0 aliphatic carbocycles. The van der Waals surface area contributed by atoms with Crippen molar-refractivity contribution >= 4 is 17.7 Å². The van der Waals surface area contributed by atoms with Crippen LogP contribution in [-0.2, 0) is 16.1 Å². The van der Waals surface area contributed by atoms with E-state index in [2.05, 4.69) is 16.8 Å². The summed E-state index contributed by atoms with van der Waals surface area (Å²) in [5.41, 5.74) is 0. The normalized spacial score (nSPS) is 11.8. The first-order chi connectivity index (χ1) is 11.7. The van der Waals surface area contributed by atoms with Gasteiger partial charge in [0.1, 0.15) is 5.75 Å². The summed E-state index contributed by atoms with van der Waals surface area (Å²) in [6.45, 7) is 8.37. The molecule has 1 aromatic heterocycles. The summed E-state index contributed by atoms with van der Waals surface area (Å²) in [5, 5.41) is 9.03. The Morgan fingerprint density at radius 1 is 1.38 bits per heavy atom. The highest BCUT2D eigenvalue weighted by atomic mass is 32.2. The zero-order chi connectivity index (χ0) is 17.4. The van der Waals surface area contributed by atoms with Crippen LogP contribution in [0.1, 0.15) is 25.8 Å². The Morgan fingerprint density at radius 3 is 2.79 bits per heavy atom. The fourth-order valence-corrected chi connectivity index (χ4v) is 2.84. The number of carbonyl (C=O) groups is 1. The molecule has 6 nitrogen and oxygen atoms in total. The van der Waals surface area contributed by atoms with Gasteiger partial charge in [-0.2, -0.15) is 0 Å². The number of hydrogen-bond donors (Lipinski definition) is 0. The van der Waals surface area contributed by atoms with Gasteiger partial charge < -0.3 is 9.47 Å². The van der Waals surface area contributed by atoms with E-state index in [-0.39, 0.29) is 17.8 Å². The lowest BCUT2D eigenvalue weighted by atomic mass is 10.3. The van der Waals surface area contributed by atoms with Gasteiger partial charge in [-0.25, -0.2) is 0 Å². The zero-order valence-electron chi connectivity index (χ0n) is 13.8. The Balaban J connectivity index is 2.11. The van der Waals surface area contributed by atoms with Gasteiger partial charge in [0.15, 0.2) is 17.1 Å². The van der Waals surface area contributed by atoms with E-state index in [9.17, 15) is 4.79 Å². The number of ether oxygens (including phenoxy) is 2. The molecule has 1 heterocycles. The van der Waals surface area contributed by atoms with E-state index in [0.29, 0.717) is 24.1 Å². The fourth-order valence-electron chi connectivity index (χ4n) is 2.09. The van der Waals surface area contributed by atoms with E-state index in [1.54, 1.807) is 13.0 Å². The molecule has 2 rings (SSSR count). The molecular weight excluding hydrogens is 326 g/mol. The van der Waals surface area contributed by atoms with Gasteiger partial charge >= 0.3 is 5.97 Å². The molecule has 0 amide bonds. The molecule has 128 valence electrons. The van der Waals surface area contributed by atoms with Gasteiger partial charge in [-0.1, -0.05) is 36.0 Å². The highest BCUT2D eigenvalue weighted by Gasteiger charge is 2.19. The van der Waals surface area contributed by atoms with E-state index in [1.165, 1.54) is 11.8 Å². The van der Waals surface area contributed by atoms with Gasteiger partial charge in [0.2, 0.25) is 0 Å². The number of hydrogen-bond acceptors (Lipinski definition) is 6. The van der Waals surface area contributed by atoms with Crippen LogP contribution in [0.15, 0.2) is 48.1 Å². The van der Waals surface area contributed by atoms with Crippen LogP contribution in [0.5, 0.6) is 5.75 Å². The van der Waals surface area contributed by atoms with Crippen molar-refractivity contribution in [1.29, 1.82) is 0 Å². The molecule has 0 saturated heterocycles. The highest BCUT2D eigenvalue weighted by molar-refractivity contribution is 7.99. The van der Waals surface area contributed by atoms with Crippen LogP contribution in [0.2, 0.25) is 0 Å². The van der Waals surface area contributed by atoms with Crippen molar-refractivity contribution < 1.29 is 14.3 Å². The Bertz CT molecular complexity index is 673. The van der Waals surface area contributed by atoms with Crippen LogP contribution in [0.3, 0.4) is 0 Å². The maximum atomic E-state index is 11.5. The third-order valence-electron chi connectivity index (χ3n) is 3.10. The lowest BCUT2D eigenvalue weighted by Crippen LogP contribution is -2.13. The Kier molecular flexibility index (Phi) is 6.87. The van der Waals surface area contributed by atoms with Crippen LogP contribution < -0.4 is 4.74 Å². The third kappa shape index (κ3) is 4.86. The second-order valence-electron chi connectivity index (χ2n) is 4.91. The average Bonchev–Trinajstić information content (AvgIpc) is 2.97. The third-order valence-corrected chi connectivity index (χ3v) is 4.04. The van der Waals surface area contributed by atoms with E-state index in [4.69, 9.17) is 9.47 Å². The molecular formula is C17H21N3O3S. The summed E-state index contributed by atoms with van der Waals surface area (Å²) in [6.07, 6.45) is 1.48. The summed E-state index contributed by atoms with van der Waals surface area (Å²) in [6, 6.07) is 9.54. The lowest BCUT2D eigenvalue weighted by Gasteiger charge is -2.15. The van der Waals surface area contributed by atoms with Gasteiger partial charge in [-0.3, -0.25) is 9.36 Å². The summed E-state index contributed by atoms with van der Waals surface area (Å²) in [5.74, 6) is 1.37. The first kappa shape index (κ1) is 18.1. The van der Waals surface area contributed by atoms with Crippen LogP contribution >= 0.6 is 11.8 Å². The van der Waals surface area contributed by atoms with Crippen molar-refractivity contribution in [1.82, 2.24) is 14.8 Å². The number of aromatic nitrogens is 3. The van der Waals surface area contributed by atoms with E-state index in [1.807, 2.05) is 41.8 Å². The van der Waals surface area contributed by atoms with Gasteiger partial charge in [-0.15, -0.1) is 16.8 Å². The minimum absolute atomic E-state index is 0.192. The van der Waals surface area contributed by atoms with Gasteiger partial charge in [0.05, 0.1) is 12.4 Å². The molecule has 0 aliphatic heterocycles. The number of benzene rings is 1. The Morgan fingerprint density at radius 2 is 2.12 bits per heavy atom. The standard InChI is InChI=1S/C17H21N3O3S/c1-4-11-20-16(13(3)23-14-9-7-6-8-10-14)18-19-17(20)24-12-15(21)22-5-2/h4,6-10,13H,1,5,11-12H2,2-3H3. The van der Waals surface area contributed by atoms with Crippen LogP contribution in [0.25, 0.3) is 0 Å². The number of carbonyl (C=O) groups excluding carboxylic acids is 1. The molecule has 1 aromatic carbocycles. The van der Waals surface area contributed by atoms with Crippen molar-refractivity contribution in [3.8, 4) is 5.75 Å². The van der Waals surface area contributed by atoms with Gasteiger partial charge in [0.25, 0.3) is 0 Å². The quantitative estimate of drug-likeness (QED) is 0.394. The number of nitrogens with zero attached hydrogens (tertiary/aromatic N) is 3. The van der Waals surface area contributed by atoms with Crippen molar-refractivity contribution in [3.05, 3.63) is 48.8 Å². The van der Waals surface area contributed by atoms with Crippen molar-refractivity contribution in [2.45, 2.75) is 31.7 Å². The molecule has 7 heteroatoms. The minimum atomic E-state index is -0.281. The van der Waals surface area contributed by atoms with Crippen molar-refractivity contribution in [3.63, 3.8) is 0 Å². The fraction of sp³-hybridized carbons (Fsp3) is 0.353. The number of rotatable bonds is 9. The van der Waals surface area contributed by atoms with Crippen molar-refractivity contribution in [2.24, 2.45) is 0 Å². The molecule has 0 bridgehead atoms. The second-order valence-corrected chi connectivity index (χ2v) is 5.85. The topological polar surface area (TPSA) is 66.2 Å². The maximum absolute atomic E-state index is 11.5. The number of thioether (sulfide) groups is 1. The summed E-state index contributed by atoms with van der Waals surface area (Å²) >= 11 is 1.29. The molecule has 2 aromatic rings. The highest BCUT2D eigenvalue weighted by Crippen LogP contribution is 2.24. The smallest absolute Gasteiger partial charge is 0.316 e. The van der Waals surface area contributed by atoms with Gasteiger partial charge in [0, 0.05) is 6.54 Å². The predicted molar refractivity (Wildman–Crippen MR) is 93.1 cm³/mol. The second kappa shape index (κ2) is 9.12. The number of para-hydroxylation sites is 1. The first-order valence-corrected chi connectivity index (χ1v) is 8.68. The molecule has 1 unspecified atom stereocenters. The Labute approximate surface area is 145 Å². The van der Waals surface area contributed by atoms with Crippen LogP contribution in [0, 0.1) is 0 Å². The predicted octanol–water partition coefficient (Wildman–Crippen LogP) is 3.26. The Hall–Kier alpha value is -2.28. The van der Waals surface area contributed by atoms with Crippen LogP contribution in [-0.4, -0.2) is 33.1 Å². The first-order valence-electron chi connectivity index (χ1n) is 7.69. The van der Waals surface area contributed by atoms with Crippen molar-refractivity contribution in [2.75, 3.05) is 12.4 Å². The molecule has 0 aliphatic rings. The van der Waals surface area contributed by atoms with Crippen LogP contribution in [0.4, 0.5) is 0 Å². The van der Waals surface area contributed by atoms with E-state index in [0.717, 1.165) is 5.75 Å². The SMILES string of the molecule is C=CCn1c(SCC(=O)OCC)nnc1C(C)Oc1ccccc1. The maximum Gasteiger partial charge on any atom is 0.316 e. The van der Waals surface area contributed by atoms with E-state index >= 15 is 0 Å². The monoisotopic (exact) mass is 347 g/mol. The lowest BCUT2D eigenvalue weighted by molar-refractivity contribution is -0.139. The molecule has 0 fully saturated rings. The largest absolute Gasteiger partial charge is 0.483 e. The molecule has 0 radical (unpaired) electrons.